The highest BCUT2D eigenvalue weighted by atomic mass is 16.8. The molecule has 7 heteroatoms. The first-order chi connectivity index (χ1) is 21.2. The zero-order valence-corrected chi connectivity index (χ0v) is 27.0. The van der Waals surface area contributed by atoms with Gasteiger partial charge in [0.2, 0.25) is 0 Å². The molecule has 7 nitrogen and oxygen atoms in total. The molecule has 1 saturated carbocycles. The Labute approximate surface area is 263 Å². The molecule has 0 bridgehead atoms. The van der Waals surface area contributed by atoms with E-state index in [1.807, 2.05) is 48.5 Å². The van der Waals surface area contributed by atoms with Crippen molar-refractivity contribution in [3.63, 3.8) is 0 Å². The van der Waals surface area contributed by atoms with E-state index in [4.69, 9.17) is 23.7 Å². The molecule has 0 spiro atoms. The summed E-state index contributed by atoms with van der Waals surface area (Å²) in [4.78, 5) is 25.3. The predicted molar refractivity (Wildman–Crippen MR) is 171 cm³/mol. The summed E-state index contributed by atoms with van der Waals surface area (Å²) in [7, 11) is 0. The maximum atomic E-state index is 12.7. The summed E-state index contributed by atoms with van der Waals surface area (Å²) in [6.07, 6.45) is 11.3. The van der Waals surface area contributed by atoms with Gasteiger partial charge in [0.25, 0.3) is 0 Å². The molecule has 2 aliphatic rings. The molecule has 0 unspecified atom stereocenters. The minimum Gasteiger partial charge on any atom is -0.490 e. The number of rotatable bonds is 14. The van der Waals surface area contributed by atoms with Crippen molar-refractivity contribution in [1.82, 2.24) is 0 Å². The lowest BCUT2D eigenvalue weighted by Crippen LogP contribution is -2.40. The van der Waals surface area contributed by atoms with E-state index in [1.165, 1.54) is 51.4 Å². The summed E-state index contributed by atoms with van der Waals surface area (Å²) in [5.41, 5.74) is 2.74. The number of esters is 2. The number of unbranched alkanes of at least 4 members (excludes halogenated alkanes) is 2. The Morgan fingerprint density at radius 1 is 0.795 bits per heavy atom. The van der Waals surface area contributed by atoms with Crippen LogP contribution in [0.1, 0.15) is 97.8 Å². The fraction of sp³-hybridized carbons (Fsp3) is 0.568. The van der Waals surface area contributed by atoms with Crippen LogP contribution in [0.4, 0.5) is 0 Å². The quantitative estimate of drug-likeness (QED) is 0.121. The van der Waals surface area contributed by atoms with Crippen molar-refractivity contribution in [2.24, 2.45) is 11.8 Å². The fourth-order valence-corrected chi connectivity index (χ4v) is 5.88. The van der Waals surface area contributed by atoms with Gasteiger partial charge in [0.15, 0.2) is 18.5 Å². The number of carbonyl (C=O) groups excluding carboxylic acids is 2. The van der Waals surface area contributed by atoms with Crippen LogP contribution in [0.25, 0.3) is 11.1 Å². The van der Waals surface area contributed by atoms with Gasteiger partial charge in [-0.05, 0) is 88.5 Å². The fourth-order valence-electron chi connectivity index (χ4n) is 5.88. The number of hydrogen-bond acceptors (Lipinski definition) is 7. The van der Waals surface area contributed by atoms with Gasteiger partial charge in [-0.3, -0.25) is 0 Å². The van der Waals surface area contributed by atoms with Crippen LogP contribution in [-0.2, 0) is 28.5 Å². The molecule has 2 fully saturated rings. The first-order valence-corrected chi connectivity index (χ1v) is 16.4. The van der Waals surface area contributed by atoms with Gasteiger partial charge in [0, 0.05) is 5.56 Å². The summed E-state index contributed by atoms with van der Waals surface area (Å²) >= 11 is 0. The molecule has 0 N–H and O–H groups in total. The molecule has 0 radical (unpaired) electrons. The number of benzene rings is 2. The Hall–Kier alpha value is -3.16. The second-order valence-electron chi connectivity index (χ2n) is 12.6. The molecule has 1 heterocycles. The van der Waals surface area contributed by atoms with Crippen LogP contribution in [-0.4, -0.2) is 43.0 Å². The normalized spacial score (nSPS) is 22.5. The molecule has 0 aromatic heterocycles. The summed E-state index contributed by atoms with van der Waals surface area (Å²) in [5.74, 6) is 1.15. The summed E-state index contributed by atoms with van der Waals surface area (Å²) in [6, 6.07) is 15.7. The summed E-state index contributed by atoms with van der Waals surface area (Å²) in [6.45, 7) is 9.80. The lowest BCUT2D eigenvalue weighted by atomic mass is 9.79. The van der Waals surface area contributed by atoms with Crippen molar-refractivity contribution in [1.29, 1.82) is 0 Å². The van der Waals surface area contributed by atoms with E-state index in [1.54, 1.807) is 27.7 Å². The molecule has 1 saturated heterocycles. The Balaban J connectivity index is 1.27. The van der Waals surface area contributed by atoms with Gasteiger partial charge in [-0.25, -0.2) is 9.59 Å². The van der Waals surface area contributed by atoms with Gasteiger partial charge in [-0.15, -0.1) is 0 Å². The molecule has 4 rings (SSSR count). The van der Waals surface area contributed by atoms with E-state index < -0.39 is 30.4 Å². The Morgan fingerprint density at radius 3 is 1.86 bits per heavy atom. The third-order valence-corrected chi connectivity index (χ3v) is 8.22. The second-order valence-corrected chi connectivity index (χ2v) is 12.6. The first kappa shape index (κ1) is 33.7. The largest absolute Gasteiger partial charge is 0.490 e. The Bertz CT molecular complexity index is 1160. The van der Waals surface area contributed by atoms with Crippen molar-refractivity contribution >= 4 is 11.9 Å². The van der Waals surface area contributed by atoms with E-state index in [0.717, 1.165) is 22.8 Å². The molecular weight excluding hydrogens is 556 g/mol. The van der Waals surface area contributed by atoms with Crippen molar-refractivity contribution < 1.29 is 33.3 Å². The minimum atomic E-state index is -1.20. The van der Waals surface area contributed by atoms with Crippen LogP contribution in [0.15, 0.2) is 60.7 Å². The van der Waals surface area contributed by atoms with E-state index in [0.29, 0.717) is 18.1 Å². The summed E-state index contributed by atoms with van der Waals surface area (Å²) < 4.78 is 28.3. The van der Waals surface area contributed by atoms with Gasteiger partial charge in [-0.1, -0.05) is 81.2 Å². The topological polar surface area (TPSA) is 80.3 Å². The molecule has 2 aromatic carbocycles. The number of hydrogen-bond donors (Lipinski definition) is 0. The lowest BCUT2D eigenvalue weighted by molar-refractivity contribution is -0.167. The Kier molecular flexibility index (Phi) is 12.9. The smallest absolute Gasteiger partial charge is 0.339 e. The van der Waals surface area contributed by atoms with Crippen LogP contribution in [0.3, 0.4) is 0 Å². The summed E-state index contributed by atoms with van der Waals surface area (Å²) in [5, 5.41) is 0. The van der Waals surface area contributed by atoms with Crippen molar-refractivity contribution in [3.8, 4) is 16.9 Å². The third-order valence-electron chi connectivity index (χ3n) is 8.22. The molecular formula is C37H50O7. The standard InChI is InChI=1S/C37H50O7/c1-6-7-8-10-27-12-14-28(15-13-27)11-9-24-40-32-22-20-30(21-23-32)29-16-18-31(19-17-29)37-43-33(35(38)41-25(2)3)34(44-37)36(39)42-26(4)5/h9,11,16-23,25-28,33-34,37H,6-8,10,12-15,24H2,1-5H3/b11-9+/t27?,28?,33-,34-/m1/s1. The second kappa shape index (κ2) is 16.8. The van der Waals surface area contributed by atoms with Crippen LogP contribution in [0.5, 0.6) is 5.75 Å². The lowest BCUT2D eigenvalue weighted by Gasteiger charge is -2.26. The van der Waals surface area contributed by atoms with Crippen LogP contribution in [0, 0.1) is 11.8 Å². The van der Waals surface area contributed by atoms with Crippen molar-refractivity contribution in [2.45, 2.75) is 117 Å². The zero-order chi connectivity index (χ0) is 31.5. The van der Waals surface area contributed by atoms with Crippen LogP contribution >= 0.6 is 0 Å². The van der Waals surface area contributed by atoms with Crippen LogP contribution in [0.2, 0.25) is 0 Å². The van der Waals surface area contributed by atoms with E-state index in [-0.39, 0.29) is 12.2 Å². The molecule has 1 aliphatic heterocycles. The SMILES string of the molecule is CCCCCC1CCC(/C=C/COc2ccc(-c3ccc(C4O[C@@H](C(=O)OC(C)C)[C@H](C(=O)OC(C)C)O4)cc3)cc2)CC1. The predicted octanol–water partition coefficient (Wildman–Crippen LogP) is 8.36. The van der Waals surface area contributed by atoms with Gasteiger partial charge in [0.1, 0.15) is 12.4 Å². The minimum absolute atomic E-state index is 0.353. The first-order valence-electron chi connectivity index (χ1n) is 16.4. The maximum absolute atomic E-state index is 12.7. The van der Waals surface area contributed by atoms with Crippen molar-refractivity contribution in [2.75, 3.05) is 6.61 Å². The number of allylic oxidation sites excluding steroid dienone is 1. The molecule has 2 aromatic rings. The molecule has 1 aliphatic carbocycles. The Morgan fingerprint density at radius 2 is 1.34 bits per heavy atom. The van der Waals surface area contributed by atoms with Gasteiger partial charge >= 0.3 is 11.9 Å². The average Bonchev–Trinajstić information content (AvgIpc) is 3.46. The van der Waals surface area contributed by atoms with Gasteiger partial charge in [-0.2, -0.15) is 0 Å². The highest BCUT2D eigenvalue weighted by molar-refractivity contribution is 5.86. The monoisotopic (exact) mass is 606 g/mol. The van der Waals surface area contributed by atoms with Gasteiger partial charge in [0.05, 0.1) is 12.2 Å². The average molecular weight is 607 g/mol. The highest BCUT2D eigenvalue weighted by Gasteiger charge is 2.48. The van der Waals surface area contributed by atoms with Crippen molar-refractivity contribution in [3.05, 3.63) is 66.2 Å². The third kappa shape index (κ3) is 9.93. The highest BCUT2D eigenvalue weighted by Crippen LogP contribution is 2.35. The molecule has 44 heavy (non-hydrogen) atoms. The molecule has 240 valence electrons. The van der Waals surface area contributed by atoms with Crippen LogP contribution < -0.4 is 4.74 Å². The maximum Gasteiger partial charge on any atom is 0.339 e. The van der Waals surface area contributed by atoms with Gasteiger partial charge < -0.3 is 23.7 Å². The zero-order valence-electron chi connectivity index (χ0n) is 27.0. The number of ether oxygens (including phenoxy) is 5. The molecule has 0 amide bonds. The van der Waals surface area contributed by atoms with E-state index in [2.05, 4.69) is 19.1 Å². The molecule has 2 atom stereocenters. The van der Waals surface area contributed by atoms with E-state index >= 15 is 0 Å². The number of carbonyl (C=O) groups is 2. The van der Waals surface area contributed by atoms with E-state index in [9.17, 15) is 9.59 Å².